The molecule has 33 heavy (non-hydrogen) atoms. The van der Waals surface area contributed by atoms with Crippen LogP contribution in [0.2, 0.25) is 0 Å². The van der Waals surface area contributed by atoms with Crippen LogP contribution in [0.5, 0.6) is 5.75 Å². The van der Waals surface area contributed by atoms with Crippen molar-refractivity contribution in [3.63, 3.8) is 0 Å². The van der Waals surface area contributed by atoms with Crippen LogP contribution < -0.4 is 19.9 Å². The number of imidazole rings is 1. The highest BCUT2D eigenvalue weighted by Crippen LogP contribution is 2.42. The molecule has 10 heteroatoms. The zero-order chi connectivity index (χ0) is 23.2. The third-order valence-electron chi connectivity index (χ3n) is 6.52. The largest absolute Gasteiger partial charge is 0.494 e. The van der Waals surface area contributed by atoms with Crippen LogP contribution in [0.1, 0.15) is 18.5 Å². The first kappa shape index (κ1) is 21.2. The maximum absolute atomic E-state index is 13.2. The van der Waals surface area contributed by atoms with Gasteiger partial charge < -0.3 is 29.2 Å². The number of benzene rings is 1. The molecule has 172 valence electrons. The molecule has 1 amide bonds. The smallest absolute Gasteiger partial charge is 0.252 e. The molecule has 2 aliphatic heterocycles. The highest BCUT2D eigenvalue weighted by Gasteiger charge is 2.50. The summed E-state index contributed by atoms with van der Waals surface area (Å²) in [5.74, 6) is 1.91. The van der Waals surface area contributed by atoms with Crippen molar-refractivity contribution in [2.75, 3.05) is 49.5 Å². The van der Waals surface area contributed by atoms with Crippen molar-refractivity contribution in [3.8, 4) is 11.4 Å². The van der Waals surface area contributed by atoms with Crippen molar-refractivity contribution in [1.29, 1.82) is 0 Å². The Labute approximate surface area is 192 Å². The molecule has 4 heterocycles. The summed E-state index contributed by atoms with van der Waals surface area (Å²) in [4.78, 5) is 30.4. The first-order valence-corrected chi connectivity index (χ1v) is 10.9. The minimum absolute atomic E-state index is 0.0557. The van der Waals surface area contributed by atoms with Gasteiger partial charge in [0.1, 0.15) is 17.0 Å². The monoisotopic (exact) mass is 449 g/mol. The number of carbonyl (C=O) groups excluding carboxylic acids is 1. The molecule has 0 saturated carbocycles. The molecule has 1 N–H and O–H groups in total. The molecule has 1 spiro atoms. The molecular weight excluding hydrogens is 422 g/mol. The number of aryl methyl sites for hydroxylation is 1. The first-order chi connectivity index (χ1) is 15.9. The average Bonchev–Trinajstić information content (AvgIpc) is 3.28. The first-order valence-electron chi connectivity index (χ1n) is 10.9. The lowest BCUT2D eigenvalue weighted by Gasteiger charge is -2.49. The van der Waals surface area contributed by atoms with E-state index in [2.05, 4.69) is 15.3 Å². The minimum atomic E-state index is -0.639. The Hall–Kier alpha value is -3.66. The van der Waals surface area contributed by atoms with Crippen LogP contribution >= 0.6 is 0 Å². The van der Waals surface area contributed by atoms with E-state index in [9.17, 15) is 4.79 Å². The van der Waals surface area contributed by atoms with Crippen LogP contribution in [-0.2, 0) is 9.53 Å². The zero-order valence-corrected chi connectivity index (χ0v) is 19.2. The van der Waals surface area contributed by atoms with E-state index in [-0.39, 0.29) is 5.91 Å². The molecule has 10 nitrogen and oxygen atoms in total. The van der Waals surface area contributed by atoms with Crippen molar-refractivity contribution < 1.29 is 14.3 Å². The van der Waals surface area contributed by atoms with Crippen molar-refractivity contribution in [2.45, 2.75) is 25.3 Å². The van der Waals surface area contributed by atoms with E-state index in [0.29, 0.717) is 49.3 Å². The van der Waals surface area contributed by atoms with Gasteiger partial charge in [-0.15, -0.1) is 0 Å². The van der Waals surface area contributed by atoms with Crippen molar-refractivity contribution in [1.82, 2.24) is 19.5 Å². The van der Waals surface area contributed by atoms with E-state index in [1.807, 2.05) is 47.8 Å². The average molecular weight is 450 g/mol. The van der Waals surface area contributed by atoms with E-state index in [1.165, 1.54) is 0 Å². The Kier molecular flexibility index (Phi) is 5.16. The summed E-state index contributed by atoms with van der Waals surface area (Å²) in [6, 6.07) is 5.79. The number of hydrogen-bond acceptors (Lipinski definition) is 8. The topological polar surface area (TPSA) is 97.6 Å². The second kappa shape index (κ2) is 8.04. The second-order valence-electron chi connectivity index (χ2n) is 8.40. The van der Waals surface area contributed by atoms with E-state index >= 15 is 0 Å². The van der Waals surface area contributed by atoms with Gasteiger partial charge in [0.15, 0.2) is 5.82 Å². The highest BCUT2D eigenvalue weighted by molar-refractivity contribution is 6.07. The van der Waals surface area contributed by atoms with Crippen LogP contribution in [0.4, 0.5) is 23.1 Å². The van der Waals surface area contributed by atoms with Crippen LogP contribution in [0.3, 0.4) is 0 Å². The number of carbonyl (C=O) groups is 1. The summed E-state index contributed by atoms with van der Waals surface area (Å²) in [6.07, 6.45) is 6.64. The van der Waals surface area contributed by atoms with Gasteiger partial charge in [0.05, 0.1) is 31.0 Å². The third kappa shape index (κ3) is 3.46. The molecule has 5 rings (SSSR count). The van der Waals surface area contributed by atoms with Crippen molar-refractivity contribution >= 4 is 29.0 Å². The number of fused-ring (bicyclic) bond motifs is 1. The predicted octanol–water partition coefficient (Wildman–Crippen LogP) is 2.68. The summed E-state index contributed by atoms with van der Waals surface area (Å²) >= 11 is 0. The standard InChI is InChI=1S/C23H27N7O3/c1-15-13-30(14-25-15)17-6-5-16(11-19(17)32-4)26-22-24-12-18-20(27-22)29(3)23(21(31)28(18)2)7-9-33-10-8-23/h5-6,11-14H,7-10H2,1-4H3,(H,24,26,27). The number of rotatable bonds is 4. The van der Waals surface area contributed by atoms with Crippen LogP contribution in [0.15, 0.2) is 36.9 Å². The Morgan fingerprint density at radius 3 is 2.64 bits per heavy atom. The number of methoxy groups -OCH3 is 1. The van der Waals surface area contributed by atoms with E-state index in [4.69, 9.17) is 14.5 Å². The summed E-state index contributed by atoms with van der Waals surface area (Å²) < 4.78 is 13.0. The molecular formula is C23H27N7O3. The fourth-order valence-corrected chi connectivity index (χ4v) is 4.59. The Balaban J connectivity index is 1.46. The predicted molar refractivity (Wildman–Crippen MR) is 125 cm³/mol. The molecule has 0 aliphatic carbocycles. The SMILES string of the molecule is COc1cc(Nc2ncc3c(n2)N(C)C2(CCOCC2)C(=O)N3C)ccc1-n1cnc(C)c1. The molecule has 0 bridgehead atoms. The van der Waals surface area contributed by atoms with Crippen LogP contribution in [0.25, 0.3) is 5.69 Å². The fraction of sp³-hybridized carbons (Fsp3) is 0.391. The number of hydrogen-bond donors (Lipinski definition) is 1. The van der Waals surface area contributed by atoms with Gasteiger partial charge in [-0.1, -0.05) is 0 Å². The third-order valence-corrected chi connectivity index (χ3v) is 6.52. The van der Waals surface area contributed by atoms with Gasteiger partial charge in [-0.2, -0.15) is 4.98 Å². The number of nitrogens with one attached hydrogen (secondary N) is 1. The molecule has 0 radical (unpaired) electrons. The molecule has 2 aromatic heterocycles. The number of anilines is 4. The van der Waals surface area contributed by atoms with E-state index < -0.39 is 5.54 Å². The van der Waals surface area contributed by atoms with Crippen molar-refractivity contribution in [2.24, 2.45) is 0 Å². The highest BCUT2D eigenvalue weighted by atomic mass is 16.5. The summed E-state index contributed by atoms with van der Waals surface area (Å²) in [5, 5.41) is 3.27. The molecule has 2 aliphatic rings. The normalized spacial score (nSPS) is 17.3. The summed E-state index contributed by atoms with van der Waals surface area (Å²) in [7, 11) is 5.34. The zero-order valence-electron chi connectivity index (χ0n) is 19.2. The van der Waals surface area contributed by atoms with E-state index in [1.54, 1.807) is 31.6 Å². The van der Waals surface area contributed by atoms with Gasteiger partial charge in [0, 0.05) is 58.1 Å². The van der Waals surface area contributed by atoms with Gasteiger partial charge in [-0.3, -0.25) is 4.79 Å². The lowest BCUT2D eigenvalue weighted by molar-refractivity contribution is -0.127. The molecule has 3 aromatic rings. The molecule has 1 aromatic carbocycles. The molecule has 1 saturated heterocycles. The second-order valence-corrected chi connectivity index (χ2v) is 8.40. The molecule has 0 unspecified atom stereocenters. The summed E-state index contributed by atoms with van der Waals surface area (Å²) in [5.41, 5.74) is 2.65. The number of amides is 1. The van der Waals surface area contributed by atoms with E-state index in [0.717, 1.165) is 17.1 Å². The number of nitrogens with zero attached hydrogens (tertiary/aromatic N) is 6. The summed E-state index contributed by atoms with van der Waals surface area (Å²) in [6.45, 7) is 3.05. The van der Waals surface area contributed by atoms with Crippen molar-refractivity contribution in [3.05, 3.63) is 42.6 Å². The van der Waals surface area contributed by atoms with Gasteiger partial charge in [0.25, 0.3) is 5.91 Å². The quantitative estimate of drug-likeness (QED) is 0.649. The number of likely N-dealkylation sites (N-methyl/N-ethyl adjacent to an activating group) is 2. The van der Waals surface area contributed by atoms with Gasteiger partial charge in [0.2, 0.25) is 5.95 Å². The Morgan fingerprint density at radius 1 is 1.15 bits per heavy atom. The minimum Gasteiger partial charge on any atom is -0.494 e. The lowest BCUT2D eigenvalue weighted by Crippen LogP contribution is -2.64. The van der Waals surface area contributed by atoms with Crippen LogP contribution in [0, 0.1) is 6.92 Å². The van der Waals surface area contributed by atoms with Crippen LogP contribution in [-0.4, -0.2) is 65.4 Å². The maximum Gasteiger partial charge on any atom is 0.252 e. The van der Waals surface area contributed by atoms with Gasteiger partial charge >= 0.3 is 0 Å². The number of ether oxygens (including phenoxy) is 2. The maximum atomic E-state index is 13.2. The van der Waals surface area contributed by atoms with Gasteiger partial charge in [-0.05, 0) is 19.1 Å². The Morgan fingerprint density at radius 2 is 1.94 bits per heavy atom. The number of aromatic nitrogens is 4. The lowest BCUT2D eigenvalue weighted by atomic mass is 9.85. The molecule has 0 atom stereocenters. The fourth-order valence-electron chi connectivity index (χ4n) is 4.59. The molecule has 1 fully saturated rings. The van der Waals surface area contributed by atoms with Gasteiger partial charge in [-0.25, -0.2) is 9.97 Å². The Bertz CT molecular complexity index is 1200.